The Labute approximate surface area is 149 Å². The summed E-state index contributed by atoms with van der Waals surface area (Å²) >= 11 is 5.84. The van der Waals surface area contributed by atoms with E-state index in [0.717, 1.165) is 10.8 Å². The van der Waals surface area contributed by atoms with Gasteiger partial charge in [0, 0.05) is 16.1 Å². The number of rotatable bonds is 4. The molecule has 0 aromatic heterocycles. The molecule has 0 heterocycles. The van der Waals surface area contributed by atoms with Crippen molar-refractivity contribution < 1.29 is 15.0 Å². The van der Waals surface area contributed by atoms with Crippen LogP contribution in [0.5, 0.6) is 11.5 Å². The quantitative estimate of drug-likeness (QED) is 0.494. The molecular formula is C19H15ClN2O3. The topological polar surface area (TPSA) is 81.9 Å². The summed E-state index contributed by atoms with van der Waals surface area (Å²) in [7, 11) is 0. The fourth-order valence-electron chi connectivity index (χ4n) is 2.43. The maximum Gasteiger partial charge on any atom is 0.244 e. The molecule has 3 aromatic carbocycles. The SMILES string of the molecule is O=C(Cc1cc2ccccc2cc1O)N/N=C/c1cc(Cl)ccc1O. The summed E-state index contributed by atoms with van der Waals surface area (Å²) in [5, 5.41) is 25.8. The average Bonchev–Trinajstić information content (AvgIpc) is 2.58. The Morgan fingerprint density at radius 2 is 1.76 bits per heavy atom. The summed E-state index contributed by atoms with van der Waals surface area (Å²) in [6.45, 7) is 0. The van der Waals surface area contributed by atoms with Gasteiger partial charge in [-0.15, -0.1) is 0 Å². The van der Waals surface area contributed by atoms with Crippen molar-refractivity contribution >= 4 is 34.5 Å². The second kappa shape index (κ2) is 7.23. The number of halogens is 1. The van der Waals surface area contributed by atoms with Crippen molar-refractivity contribution in [3.63, 3.8) is 0 Å². The fraction of sp³-hybridized carbons (Fsp3) is 0.0526. The number of carbonyl (C=O) groups is 1. The van der Waals surface area contributed by atoms with Crippen molar-refractivity contribution in [2.24, 2.45) is 5.10 Å². The van der Waals surface area contributed by atoms with Crippen LogP contribution in [0.4, 0.5) is 0 Å². The number of hydrogen-bond acceptors (Lipinski definition) is 4. The van der Waals surface area contributed by atoms with Crippen molar-refractivity contribution in [2.75, 3.05) is 0 Å². The van der Waals surface area contributed by atoms with Gasteiger partial charge in [-0.25, -0.2) is 5.43 Å². The van der Waals surface area contributed by atoms with Crippen molar-refractivity contribution in [2.45, 2.75) is 6.42 Å². The maximum absolute atomic E-state index is 12.0. The van der Waals surface area contributed by atoms with Crippen LogP contribution in [0.15, 0.2) is 59.7 Å². The van der Waals surface area contributed by atoms with Gasteiger partial charge in [0.1, 0.15) is 11.5 Å². The van der Waals surface area contributed by atoms with Crippen LogP contribution in [-0.4, -0.2) is 22.3 Å². The fourth-order valence-corrected chi connectivity index (χ4v) is 2.61. The number of phenols is 2. The van der Waals surface area contributed by atoms with Crippen LogP contribution in [0.25, 0.3) is 10.8 Å². The zero-order valence-electron chi connectivity index (χ0n) is 13.1. The highest BCUT2D eigenvalue weighted by Crippen LogP contribution is 2.25. The molecule has 6 heteroatoms. The normalized spacial score (nSPS) is 11.1. The molecule has 0 saturated carbocycles. The van der Waals surface area contributed by atoms with Gasteiger partial charge in [-0.1, -0.05) is 35.9 Å². The lowest BCUT2D eigenvalue weighted by atomic mass is 10.0. The summed E-state index contributed by atoms with van der Waals surface area (Å²) < 4.78 is 0. The lowest BCUT2D eigenvalue weighted by Gasteiger charge is -2.06. The van der Waals surface area contributed by atoms with E-state index in [1.165, 1.54) is 18.3 Å². The summed E-state index contributed by atoms with van der Waals surface area (Å²) in [6.07, 6.45) is 1.29. The molecule has 0 fully saturated rings. The third kappa shape index (κ3) is 4.08. The van der Waals surface area contributed by atoms with E-state index in [-0.39, 0.29) is 23.8 Å². The van der Waals surface area contributed by atoms with Gasteiger partial charge in [0.05, 0.1) is 12.6 Å². The van der Waals surface area contributed by atoms with E-state index in [0.29, 0.717) is 16.1 Å². The van der Waals surface area contributed by atoms with E-state index in [2.05, 4.69) is 10.5 Å². The molecule has 0 aliphatic rings. The molecular weight excluding hydrogens is 340 g/mol. The van der Waals surface area contributed by atoms with E-state index in [9.17, 15) is 15.0 Å². The summed E-state index contributed by atoms with van der Waals surface area (Å²) in [6, 6.07) is 15.5. The Balaban J connectivity index is 1.69. The maximum atomic E-state index is 12.0. The smallest absolute Gasteiger partial charge is 0.244 e. The van der Waals surface area contributed by atoms with Crippen molar-refractivity contribution in [3.05, 3.63) is 70.7 Å². The van der Waals surface area contributed by atoms with E-state index in [1.54, 1.807) is 18.2 Å². The molecule has 0 aliphatic carbocycles. The van der Waals surface area contributed by atoms with Gasteiger partial charge in [-0.2, -0.15) is 5.10 Å². The van der Waals surface area contributed by atoms with Gasteiger partial charge in [0.2, 0.25) is 5.91 Å². The van der Waals surface area contributed by atoms with Gasteiger partial charge in [-0.3, -0.25) is 4.79 Å². The van der Waals surface area contributed by atoms with Crippen LogP contribution < -0.4 is 5.43 Å². The number of nitrogens with zero attached hydrogens (tertiary/aromatic N) is 1. The highest BCUT2D eigenvalue weighted by atomic mass is 35.5. The standard InChI is InChI=1S/C19H15ClN2O3/c20-16-5-6-17(23)15(8-16)11-21-22-19(25)10-14-7-12-3-1-2-4-13(12)9-18(14)24/h1-9,11,23-24H,10H2,(H,22,25)/b21-11+. The van der Waals surface area contributed by atoms with Crippen LogP contribution in [0.3, 0.4) is 0 Å². The number of nitrogens with one attached hydrogen (secondary N) is 1. The summed E-state index contributed by atoms with van der Waals surface area (Å²) in [5.74, 6) is -0.316. The molecule has 126 valence electrons. The molecule has 1 amide bonds. The monoisotopic (exact) mass is 354 g/mol. The first kappa shape index (κ1) is 16.8. The zero-order valence-corrected chi connectivity index (χ0v) is 13.9. The second-order valence-corrected chi connectivity index (χ2v) is 5.94. The van der Waals surface area contributed by atoms with Crippen LogP contribution in [-0.2, 0) is 11.2 Å². The number of hydrogen-bond donors (Lipinski definition) is 3. The number of phenolic OH excluding ortho intramolecular Hbond substituents is 2. The number of aromatic hydroxyl groups is 2. The van der Waals surface area contributed by atoms with Gasteiger partial charge < -0.3 is 10.2 Å². The number of benzene rings is 3. The van der Waals surface area contributed by atoms with Crippen molar-refractivity contribution in [1.82, 2.24) is 5.43 Å². The third-order valence-electron chi connectivity index (χ3n) is 3.68. The highest BCUT2D eigenvalue weighted by molar-refractivity contribution is 6.30. The number of carbonyl (C=O) groups excluding carboxylic acids is 1. The first-order chi connectivity index (χ1) is 12.0. The van der Waals surface area contributed by atoms with Gasteiger partial charge in [0.15, 0.2) is 0 Å². The second-order valence-electron chi connectivity index (χ2n) is 5.50. The van der Waals surface area contributed by atoms with E-state index >= 15 is 0 Å². The van der Waals surface area contributed by atoms with Crippen LogP contribution in [0.1, 0.15) is 11.1 Å². The number of amides is 1. The van der Waals surface area contributed by atoms with Crippen molar-refractivity contribution in [3.8, 4) is 11.5 Å². The first-order valence-electron chi connectivity index (χ1n) is 7.54. The summed E-state index contributed by atoms with van der Waals surface area (Å²) in [4.78, 5) is 12.0. The van der Waals surface area contributed by atoms with Crippen LogP contribution >= 0.6 is 11.6 Å². The Bertz CT molecular complexity index is 970. The van der Waals surface area contributed by atoms with E-state index < -0.39 is 0 Å². The number of hydrazone groups is 1. The van der Waals surface area contributed by atoms with E-state index in [4.69, 9.17) is 11.6 Å². The first-order valence-corrected chi connectivity index (χ1v) is 7.92. The van der Waals surface area contributed by atoms with Crippen LogP contribution in [0, 0.1) is 0 Å². The Kier molecular flexibility index (Phi) is 4.86. The molecule has 5 nitrogen and oxygen atoms in total. The molecule has 0 aliphatic heterocycles. The minimum atomic E-state index is -0.386. The predicted molar refractivity (Wildman–Crippen MR) is 98.2 cm³/mol. The Morgan fingerprint density at radius 3 is 2.52 bits per heavy atom. The highest BCUT2D eigenvalue weighted by Gasteiger charge is 2.09. The van der Waals surface area contributed by atoms with Gasteiger partial charge >= 0.3 is 0 Å². The molecule has 25 heavy (non-hydrogen) atoms. The summed E-state index contributed by atoms with van der Waals surface area (Å²) in [5.41, 5.74) is 3.27. The third-order valence-corrected chi connectivity index (χ3v) is 3.92. The largest absolute Gasteiger partial charge is 0.508 e. The molecule has 3 N–H and O–H groups in total. The average molecular weight is 355 g/mol. The van der Waals surface area contributed by atoms with Crippen LogP contribution in [0.2, 0.25) is 5.02 Å². The number of fused-ring (bicyclic) bond motifs is 1. The molecule has 3 rings (SSSR count). The van der Waals surface area contributed by atoms with E-state index in [1.807, 2.05) is 24.3 Å². The lowest BCUT2D eigenvalue weighted by Crippen LogP contribution is -2.19. The Morgan fingerprint density at radius 1 is 1.04 bits per heavy atom. The molecule has 3 aromatic rings. The molecule has 0 radical (unpaired) electrons. The van der Waals surface area contributed by atoms with Gasteiger partial charge in [0.25, 0.3) is 0 Å². The molecule has 0 unspecified atom stereocenters. The lowest BCUT2D eigenvalue weighted by molar-refractivity contribution is -0.120. The zero-order chi connectivity index (χ0) is 17.8. The molecule has 0 saturated heterocycles. The molecule has 0 spiro atoms. The molecule has 0 atom stereocenters. The minimum Gasteiger partial charge on any atom is -0.508 e. The van der Waals surface area contributed by atoms with Crippen molar-refractivity contribution in [1.29, 1.82) is 0 Å². The van der Waals surface area contributed by atoms with Gasteiger partial charge in [-0.05, 0) is 41.1 Å². The predicted octanol–water partition coefficient (Wildman–Crippen LogP) is 3.60. The molecule has 0 bridgehead atoms. The Hall–Kier alpha value is -3.05. The minimum absolute atomic E-state index is 0.00886.